The lowest BCUT2D eigenvalue weighted by Crippen LogP contribution is -2.11. The van der Waals surface area contributed by atoms with Crippen molar-refractivity contribution < 1.29 is 9.21 Å². The van der Waals surface area contributed by atoms with E-state index in [1.807, 2.05) is 6.92 Å². The minimum atomic E-state index is -0.500. The number of rotatable bonds is 3. The number of amides is 1. The van der Waals surface area contributed by atoms with Crippen LogP contribution in [0.3, 0.4) is 0 Å². The summed E-state index contributed by atoms with van der Waals surface area (Å²) in [7, 11) is 0. The summed E-state index contributed by atoms with van der Waals surface area (Å²) in [5, 5.41) is 0.515. The van der Waals surface area contributed by atoms with Gasteiger partial charge in [-0.25, -0.2) is 4.98 Å². The first-order valence-electron chi connectivity index (χ1n) is 4.85. The molecule has 5 nitrogen and oxygen atoms in total. The number of aromatic nitrogens is 1. The van der Waals surface area contributed by atoms with E-state index in [9.17, 15) is 4.79 Å². The minimum absolute atomic E-state index is 0.385. The second kappa shape index (κ2) is 4.50. The zero-order valence-electron chi connectivity index (χ0n) is 9.14. The molecule has 2 aromatic rings. The number of carbonyl (C=O) groups is 1. The summed E-state index contributed by atoms with van der Waals surface area (Å²) in [6.45, 7) is 1.84. The molecule has 0 saturated heterocycles. The van der Waals surface area contributed by atoms with Gasteiger partial charge in [0.05, 0.1) is 5.69 Å². The second-order valence-corrected chi connectivity index (χ2v) is 4.47. The number of carbonyl (C=O) groups excluding carboxylic acids is 1. The fourth-order valence-corrected chi connectivity index (χ4v) is 2.05. The number of aryl methyl sites for hydroxylation is 1. The maximum atomic E-state index is 11.0. The number of hydrogen-bond acceptors (Lipinski definition) is 5. The smallest absolute Gasteiger partial charge is 0.260 e. The summed E-state index contributed by atoms with van der Waals surface area (Å²) in [6, 6.07) is 4.89. The largest absolute Gasteiger partial charge is 0.439 e. The maximum absolute atomic E-state index is 11.0. The van der Waals surface area contributed by atoms with Crippen LogP contribution in [0.2, 0.25) is 0 Å². The van der Waals surface area contributed by atoms with E-state index >= 15 is 0 Å². The molecular formula is C11H11N3O2S. The SMILES string of the molecule is Cc1coc(Sc2ccc(C(N)=O)cc2N)n1. The quantitative estimate of drug-likeness (QED) is 0.809. The van der Waals surface area contributed by atoms with Gasteiger partial charge in [0.2, 0.25) is 5.91 Å². The Balaban J connectivity index is 2.25. The minimum Gasteiger partial charge on any atom is -0.439 e. The number of hydrogen-bond donors (Lipinski definition) is 2. The molecule has 0 fully saturated rings. The Morgan fingerprint density at radius 2 is 2.24 bits per heavy atom. The fraction of sp³-hybridized carbons (Fsp3) is 0.0909. The molecule has 2 rings (SSSR count). The molecule has 0 aliphatic heterocycles. The van der Waals surface area contributed by atoms with E-state index in [0.29, 0.717) is 16.5 Å². The Kier molecular flexibility index (Phi) is 3.06. The lowest BCUT2D eigenvalue weighted by Gasteiger charge is -2.03. The molecule has 4 N–H and O–H groups in total. The van der Waals surface area contributed by atoms with E-state index < -0.39 is 5.91 Å². The molecule has 0 atom stereocenters. The van der Waals surface area contributed by atoms with Crippen molar-refractivity contribution in [1.82, 2.24) is 4.98 Å². The summed E-state index contributed by atoms with van der Waals surface area (Å²) in [4.78, 5) is 15.9. The van der Waals surface area contributed by atoms with Crippen molar-refractivity contribution in [3.8, 4) is 0 Å². The van der Waals surface area contributed by atoms with Gasteiger partial charge >= 0.3 is 0 Å². The van der Waals surface area contributed by atoms with Crippen molar-refractivity contribution in [2.75, 3.05) is 5.73 Å². The zero-order valence-corrected chi connectivity index (χ0v) is 9.95. The number of nitrogens with zero attached hydrogens (tertiary/aromatic N) is 1. The number of anilines is 1. The predicted molar refractivity (Wildman–Crippen MR) is 64.7 cm³/mol. The first-order chi connectivity index (χ1) is 8.06. The van der Waals surface area contributed by atoms with Crippen molar-refractivity contribution in [2.45, 2.75) is 17.0 Å². The van der Waals surface area contributed by atoms with Crippen LogP contribution in [0.5, 0.6) is 0 Å². The monoisotopic (exact) mass is 249 g/mol. The summed E-state index contributed by atoms with van der Waals surface area (Å²) in [6.07, 6.45) is 1.57. The first kappa shape index (κ1) is 11.5. The highest BCUT2D eigenvalue weighted by Gasteiger charge is 2.09. The zero-order chi connectivity index (χ0) is 12.4. The Morgan fingerprint density at radius 3 is 2.76 bits per heavy atom. The molecule has 1 heterocycles. The van der Waals surface area contributed by atoms with Gasteiger partial charge in [0.1, 0.15) is 6.26 Å². The molecule has 1 amide bonds. The summed E-state index contributed by atoms with van der Waals surface area (Å²) >= 11 is 1.30. The van der Waals surface area contributed by atoms with Crippen molar-refractivity contribution in [3.05, 3.63) is 35.7 Å². The standard InChI is InChI=1S/C11H11N3O2S/c1-6-5-16-11(14-6)17-9-3-2-7(10(13)15)4-8(9)12/h2-5H,12H2,1H3,(H2,13,15). The lowest BCUT2D eigenvalue weighted by atomic mass is 10.2. The molecule has 6 heteroatoms. The van der Waals surface area contributed by atoms with Gasteiger partial charge < -0.3 is 15.9 Å². The van der Waals surface area contributed by atoms with E-state index in [1.54, 1.807) is 24.5 Å². The van der Waals surface area contributed by atoms with Gasteiger partial charge in [0.25, 0.3) is 5.22 Å². The Hall–Kier alpha value is -1.95. The Morgan fingerprint density at radius 1 is 1.47 bits per heavy atom. The van der Waals surface area contributed by atoms with Crippen molar-refractivity contribution in [1.29, 1.82) is 0 Å². The Bertz CT molecular complexity index is 566. The Labute approximate surface area is 102 Å². The third-order valence-electron chi connectivity index (χ3n) is 2.09. The molecule has 0 aliphatic rings. The molecule has 0 aliphatic carbocycles. The van der Waals surface area contributed by atoms with Crippen molar-refractivity contribution in [2.24, 2.45) is 5.73 Å². The predicted octanol–water partition coefficient (Wildman–Crippen LogP) is 1.82. The van der Waals surface area contributed by atoms with Gasteiger partial charge in [0, 0.05) is 16.1 Å². The highest BCUT2D eigenvalue weighted by atomic mass is 32.2. The van der Waals surface area contributed by atoms with Crippen molar-refractivity contribution in [3.63, 3.8) is 0 Å². The van der Waals surface area contributed by atoms with Crippen molar-refractivity contribution >= 4 is 23.4 Å². The van der Waals surface area contributed by atoms with Gasteiger partial charge in [0.15, 0.2) is 0 Å². The molecule has 1 aromatic carbocycles. The fourth-order valence-electron chi connectivity index (χ4n) is 1.27. The van der Waals surface area contributed by atoms with Gasteiger partial charge in [-0.2, -0.15) is 0 Å². The number of nitrogens with two attached hydrogens (primary N) is 2. The summed E-state index contributed by atoms with van der Waals surface area (Å²) < 4.78 is 5.21. The summed E-state index contributed by atoms with van der Waals surface area (Å²) in [5.74, 6) is -0.500. The van der Waals surface area contributed by atoms with Gasteiger partial charge in [-0.3, -0.25) is 4.79 Å². The van der Waals surface area contributed by atoms with Crippen LogP contribution < -0.4 is 11.5 Å². The van der Waals surface area contributed by atoms with Crippen LogP contribution in [0.4, 0.5) is 5.69 Å². The number of benzene rings is 1. The highest BCUT2D eigenvalue weighted by molar-refractivity contribution is 7.99. The maximum Gasteiger partial charge on any atom is 0.260 e. The lowest BCUT2D eigenvalue weighted by molar-refractivity contribution is 0.100. The molecule has 0 saturated carbocycles. The van der Waals surface area contributed by atoms with Crippen LogP contribution in [0.1, 0.15) is 16.1 Å². The van der Waals surface area contributed by atoms with Crippen LogP contribution in [-0.2, 0) is 0 Å². The normalized spacial score (nSPS) is 10.4. The van der Waals surface area contributed by atoms with E-state index in [-0.39, 0.29) is 0 Å². The summed E-state index contributed by atoms with van der Waals surface area (Å²) in [5.41, 5.74) is 12.6. The molecule has 17 heavy (non-hydrogen) atoms. The molecule has 0 radical (unpaired) electrons. The number of primary amides is 1. The van der Waals surface area contributed by atoms with Gasteiger partial charge in [-0.15, -0.1) is 0 Å². The van der Waals surface area contributed by atoms with E-state index in [0.717, 1.165) is 10.6 Å². The van der Waals surface area contributed by atoms with Crippen LogP contribution in [-0.4, -0.2) is 10.9 Å². The first-order valence-corrected chi connectivity index (χ1v) is 5.67. The molecule has 1 aromatic heterocycles. The van der Waals surface area contributed by atoms with E-state index in [2.05, 4.69) is 4.98 Å². The third kappa shape index (κ3) is 2.59. The molecule has 0 bridgehead atoms. The van der Waals surface area contributed by atoms with Crippen LogP contribution in [0.15, 0.2) is 39.0 Å². The van der Waals surface area contributed by atoms with Crippen LogP contribution in [0, 0.1) is 6.92 Å². The van der Waals surface area contributed by atoms with Gasteiger partial charge in [-0.05, 0) is 36.9 Å². The van der Waals surface area contributed by atoms with E-state index in [4.69, 9.17) is 15.9 Å². The molecule has 0 spiro atoms. The second-order valence-electron chi connectivity index (χ2n) is 3.47. The van der Waals surface area contributed by atoms with Gasteiger partial charge in [-0.1, -0.05) is 0 Å². The third-order valence-corrected chi connectivity index (χ3v) is 3.04. The van der Waals surface area contributed by atoms with Crippen LogP contribution in [0.25, 0.3) is 0 Å². The molecule has 0 unspecified atom stereocenters. The number of nitrogen functional groups attached to an aromatic ring is 1. The van der Waals surface area contributed by atoms with Crippen LogP contribution >= 0.6 is 11.8 Å². The highest BCUT2D eigenvalue weighted by Crippen LogP contribution is 2.31. The topological polar surface area (TPSA) is 95.1 Å². The average Bonchev–Trinajstić information content (AvgIpc) is 2.67. The van der Waals surface area contributed by atoms with E-state index in [1.165, 1.54) is 11.8 Å². The molecular weight excluding hydrogens is 238 g/mol. The number of oxazole rings is 1. The molecule has 88 valence electrons. The average molecular weight is 249 g/mol.